The first kappa shape index (κ1) is 15.5. The average Bonchev–Trinajstić information content (AvgIpc) is 2.36. The molecule has 1 aromatic rings. The number of rotatable bonds is 7. The van der Waals surface area contributed by atoms with Crippen LogP contribution in [0.1, 0.15) is 6.42 Å². The Morgan fingerprint density at radius 2 is 1.74 bits per heavy atom. The molecule has 3 N–H and O–H groups in total. The van der Waals surface area contributed by atoms with Crippen molar-refractivity contribution >= 4 is 17.3 Å². The number of nitrogens with two attached hydrogens (primary N) is 1. The topological polar surface area (TPSA) is 61.6 Å². The number of benzene rings is 1. The summed E-state index contributed by atoms with van der Waals surface area (Å²) in [6, 6.07) is 7.17. The third kappa shape index (κ3) is 6.79. The van der Waals surface area contributed by atoms with E-state index in [-0.39, 0.29) is 5.91 Å². The molecule has 5 heteroatoms. The molecule has 19 heavy (non-hydrogen) atoms. The lowest BCUT2D eigenvalue weighted by molar-refractivity contribution is -0.116. The number of nitrogen functional groups attached to an aromatic ring is 1. The first-order chi connectivity index (χ1) is 8.97. The second kappa shape index (κ2) is 7.76. The van der Waals surface area contributed by atoms with Gasteiger partial charge in [-0.1, -0.05) is 0 Å². The predicted octanol–water partition coefficient (Wildman–Crippen LogP) is 1.09. The average molecular weight is 264 g/mol. The van der Waals surface area contributed by atoms with Crippen molar-refractivity contribution in [2.45, 2.75) is 6.42 Å². The van der Waals surface area contributed by atoms with Gasteiger partial charge in [0.15, 0.2) is 0 Å². The lowest BCUT2D eigenvalue weighted by atomic mass is 10.2. The minimum Gasteiger partial charge on any atom is -0.399 e. The van der Waals surface area contributed by atoms with Crippen LogP contribution in [0.15, 0.2) is 24.3 Å². The molecule has 0 fully saturated rings. The molecule has 0 aliphatic carbocycles. The Labute approximate surface area is 115 Å². The van der Waals surface area contributed by atoms with Crippen LogP contribution in [0.3, 0.4) is 0 Å². The summed E-state index contributed by atoms with van der Waals surface area (Å²) in [5.74, 6) is 0.0291. The Morgan fingerprint density at radius 1 is 1.11 bits per heavy atom. The number of anilines is 2. The van der Waals surface area contributed by atoms with Crippen LogP contribution < -0.4 is 11.1 Å². The molecule has 0 saturated carbocycles. The quantitative estimate of drug-likeness (QED) is 0.724. The van der Waals surface area contributed by atoms with E-state index in [0.29, 0.717) is 12.1 Å². The van der Waals surface area contributed by atoms with E-state index in [2.05, 4.69) is 15.1 Å². The minimum atomic E-state index is 0.0291. The van der Waals surface area contributed by atoms with Gasteiger partial charge in [0.1, 0.15) is 0 Å². The van der Waals surface area contributed by atoms with Gasteiger partial charge in [0.05, 0.1) is 0 Å². The molecule has 0 spiro atoms. The summed E-state index contributed by atoms with van der Waals surface area (Å²) in [4.78, 5) is 16.0. The van der Waals surface area contributed by atoms with Crippen LogP contribution in [0.25, 0.3) is 0 Å². The van der Waals surface area contributed by atoms with Gasteiger partial charge < -0.3 is 20.9 Å². The predicted molar refractivity (Wildman–Crippen MR) is 80.2 cm³/mol. The molecule has 0 aromatic heterocycles. The van der Waals surface area contributed by atoms with Gasteiger partial charge in [-0.05, 0) is 45.4 Å². The molecule has 0 heterocycles. The van der Waals surface area contributed by atoms with Crippen LogP contribution in [-0.2, 0) is 4.79 Å². The molecule has 0 unspecified atom stereocenters. The van der Waals surface area contributed by atoms with Crippen molar-refractivity contribution in [3.63, 3.8) is 0 Å². The Hall–Kier alpha value is -1.59. The van der Waals surface area contributed by atoms with Crippen LogP contribution in [-0.4, -0.2) is 56.5 Å². The van der Waals surface area contributed by atoms with Crippen LogP contribution in [0.2, 0.25) is 0 Å². The monoisotopic (exact) mass is 264 g/mol. The molecule has 106 valence electrons. The van der Waals surface area contributed by atoms with E-state index in [1.165, 1.54) is 0 Å². The van der Waals surface area contributed by atoms with Gasteiger partial charge >= 0.3 is 0 Å². The van der Waals surface area contributed by atoms with Gasteiger partial charge in [-0.25, -0.2) is 0 Å². The first-order valence-corrected chi connectivity index (χ1v) is 6.46. The number of nitrogens with zero attached hydrogens (tertiary/aromatic N) is 2. The minimum absolute atomic E-state index is 0.0291. The van der Waals surface area contributed by atoms with Gasteiger partial charge in [0.2, 0.25) is 5.91 Å². The highest BCUT2D eigenvalue weighted by atomic mass is 16.1. The van der Waals surface area contributed by atoms with Crippen LogP contribution >= 0.6 is 0 Å². The van der Waals surface area contributed by atoms with Gasteiger partial charge in [-0.15, -0.1) is 0 Å². The molecule has 5 nitrogen and oxygen atoms in total. The Morgan fingerprint density at radius 3 is 2.32 bits per heavy atom. The standard InChI is InChI=1S/C14H24N4O/c1-17(2)10-11-18(3)9-8-14(19)16-13-6-4-12(15)5-7-13/h4-7H,8-11,15H2,1-3H3,(H,16,19). The number of carbonyl (C=O) groups is 1. The smallest absolute Gasteiger partial charge is 0.225 e. The lowest BCUT2D eigenvalue weighted by Crippen LogP contribution is -2.31. The maximum Gasteiger partial charge on any atom is 0.225 e. The molecule has 0 radical (unpaired) electrons. The zero-order valence-electron chi connectivity index (χ0n) is 12.0. The third-order valence-electron chi connectivity index (χ3n) is 2.84. The SMILES string of the molecule is CN(C)CCN(C)CCC(=O)Nc1ccc(N)cc1. The van der Waals surface area contributed by atoms with E-state index < -0.39 is 0 Å². The summed E-state index contributed by atoms with van der Waals surface area (Å²) in [6.07, 6.45) is 0.494. The van der Waals surface area contributed by atoms with E-state index in [0.717, 1.165) is 25.3 Å². The second-order valence-electron chi connectivity index (χ2n) is 5.03. The summed E-state index contributed by atoms with van der Waals surface area (Å²) >= 11 is 0. The third-order valence-corrected chi connectivity index (χ3v) is 2.84. The first-order valence-electron chi connectivity index (χ1n) is 6.46. The van der Waals surface area contributed by atoms with Crippen molar-refractivity contribution in [2.75, 3.05) is 51.8 Å². The molecule has 0 aliphatic heterocycles. The molecule has 0 bridgehead atoms. The van der Waals surface area contributed by atoms with E-state index >= 15 is 0 Å². The van der Waals surface area contributed by atoms with E-state index in [1.54, 1.807) is 12.1 Å². The highest BCUT2D eigenvalue weighted by Gasteiger charge is 2.05. The van der Waals surface area contributed by atoms with Crippen LogP contribution in [0.5, 0.6) is 0 Å². The Kier molecular flexibility index (Phi) is 6.32. The van der Waals surface area contributed by atoms with Crippen molar-refractivity contribution in [2.24, 2.45) is 0 Å². The van der Waals surface area contributed by atoms with E-state index in [1.807, 2.05) is 33.3 Å². The summed E-state index contributed by atoms with van der Waals surface area (Å²) in [6.45, 7) is 2.72. The van der Waals surface area contributed by atoms with Gasteiger partial charge in [-0.2, -0.15) is 0 Å². The fourth-order valence-electron chi connectivity index (χ4n) is 1.56. The summed E-state index contributed by atoms with van der Waals surface area (Å²) in [5.41, 5.74) is 7.07. The molecule has 1 amide bonds. The molecule has 0 saturated heterocycles. The maximum atomic E-state index is 11.8. The van der Waals surface area contributed by atoms with Gasteiger partial charge in [0, 0.05) is 37.4 Å². The summed E-state index contributed by atoms with van der Waals surface area (Å²) in [7, 11) is 6.11. The Balaban J connectivity index is 2.26. The molecular weight excluding hydrogens is 240 g/mol. The summed E-state index contributed by atoms with van der Waals surface area (Å²) in [5, 5.41) is 2.86. The highest BCUT2D eigenvalue weighted by molar-refractivity contribution is 5.90. The normalized spacial score (nSPS) is 11.0. The largest absolute Gasteiger partial charge is 0.399 e. The zero-order chi connectivity index (χ0) is 14.3. The van der Waals surface area contributed by atoms with Crippen molar-refractivity contribution in [3.8, 4) is 0 Å². The number of hydrogen-bond acceptors (Lipinski definition) is 4. The maximum absolute atomic E-state index is 11.8. The number of nitrogens with one attached hydrogen (secondary N) is 1. The fraction of sp³-hybridized carbons (Fsp3) is 0.500. The van der Waals surface area contributed by atoms with Gasteiger partial charge in [0.25, 0.3) is 0 Å². The molecule has 1 rings (SSSR count). The number of carbonyl (C=O) groups excluding carboxylic acids is 1. The summed E-state index contributed by atoms with van der Waals surface area (Å²) < 4.78 is 0. The molecule has 0 atom stereocenters. The van der Waals surface area contributed by atoms with E-state index in [9.17, 15) is 4.79 Å². The van der Waals surface area contributed by atoms with E-state index in [4.69, 9.17) is 5.73 Å². The van der Waals surface area contributed by atoms with Crippen molar-refractivity contribution in [3.05, 3.63) is 24.3 Å². The van der Waals surface area contributed by atoms with Gasteiger partial charge in [-0.3, -0.25) is 4.79 Å². The zero-order valence-corrected chi connectivity index (χ0v) is 12.0. The number of likely N-dealkylation sites (N-methyl/N-ethyl adjacent to an activating group) is 2. The van der Waals surface area contributed by atoms with Crippen molar-refractivity contribution < 1.29 is 4.79 Å². The molecule has 1 aromatic carbocycles. The molecular formula is C14H24N4O. The second-order valence-corrected chi connectivity index (χ2v) is 5.03. The molecule has 0 aliphatic rings. The highest BCUT2D eigenvalue weighted by Crippen LogP contribution is 2.10. The van der Waals surface area contributed by atoms with Crippen molar-refractivity contribution in [1.82, 2.24) is 9.80 Å². The van der Waals surface area contributed by atoms with Crippen LogP contribution in [0.4, 0.5) is 11.4 Å². The number of hydrogen-bond donors (Lipinski definition) is 2. The van der Waals surface area contributed by atoms with Crippen molar-refractivity contribution in [1.29, 1.82) is 0 Å². The number of amides is 1. The fourth-order valence-corrected chi connectivity index (χ4v) is 1.56. The van der Waals surface area contributed by atoms with Crippen LogP contribution in [0, 0.1) is 0 Å². The Bertz CT molecular complexity index is 389. The lowest BCUT2D eigenvalue weighted by Gasteiger charge is -2.18.